The zero-order valence-corrected chi connectivity index (χ0v) is 12.5. The van der Waals surface area contributed by atoms with Gasteiger partial charge in [-0.15, -0.1) is 0 Å². The third kappa shape index (κ3) is 3.33. The highest BCUT2D eigenvalue weighted by molar-refractivity contribution is 9.10. The number of hydrazine groups is 1. The van der Waals surface area contributed by atoms with Gasteiger partial charge in [-0.2, -0.15) is 0 Å². The molecule has 1 heterocycles. The van der Waals surface area contributed by atoms with Crippen molar-refractivity contribution in [3.8, 4) is 5.75 Å². The minimum Gasteiger partial charge on any atom is -0.492 e. The summed E-state index contributed by atoms with van der Waals surface area (Å²) in [7, 11) is 0. The minimum absolute atomic E-state index is 0.336. The van der Waals surface area contributed by atoms with Gasteiger partial charge in [-0.25, -0.2) is 9.82 Å². The Morgan fingerprint density at radius 2 is 2.15 bits per heavy atom. The van der Waals surface area contributed by atoms with E-state index in [1.165, 1.54) is 6.07 Å². The van der Waals surface area contributed by atoms with Crippen molar-refractivity contribution < 1.29 is 9.13 Å². The molecule has 0 amide bonds. The van der Waals surface area contributed by atoms with E-state index in [4.69, 9.17) is 10.6 Å². The Labute approximate surface area is 125 Å². The van der Waals surface area contributed by atoms with E-state index < -0.39 is 0 Å². The number of nitrogens with zero attached hydrogens (tertiary/aromatic N) is 1. The molecule has 0 spiro atoms. The van der Waals surface area contributed by atoms with E-state index in [9.17, 15) is 4.39 Å². The van der Waals surface area contributed by atoms with Crippen molar-refractivity contribution in [2.24, 2.45) is 5.84 Å². The number of nitrogens with two attached hydrogens (primary N) is 1. The average Bonchev–Trinajstić information content (AvgIpc) is 2.44. The summed E-state index contributed by atoms with van der Waals surface area (Å²) in [5.41, 5.74) is 4.19. The van der Waals surface area contributed by atoms with Gasteiger partial charge in [-0.1, -0.05) is 6.07 Å². The molecule has 3 N–H and O–H groups in total. The van der Waals surface area contributed by atoms with Gasteiger partial charge in [0.1, 0.15) is 11.6 Å². The summed E-state index contributed by atoms with van der Waals surface area (Å²) < 4.78 is 19.5. The lowest BCUT2D eigenvalue weighted by Gasteiger charge is -2.17. The van der Waals surface area contributed by atoms with Crippen LogP contribution in [0.4, 0.5) is 4.39 Å². The summed E-state index contributed by atoms with van der Waals surface area (Å²) in [6, 6.07) is 6.36. The van der Waals surface area contributed by atoms with Crippen molar-refractivity contribution >= 4 is 15.9 Å². The second-order valence-electron chi connectivity index (χ2n) is 4.16. The van der Waals surface area contributed by atoms with Crippen LogP contribution in [-0.4, -0.2) is 11.6 Å². The van der Waals surface area contributed by atoms with E-state index in [0.29, 0.717) is 22.4 Å². The Morgan fingerprint density at radius 3 is 2.80 bits per heavy atom. The van der Waals surface area contributed by atoms with Crippen LogP contribution in [0.3, 0.4) is 0 Å². The maximum absolute atomic E-state index is 13.6. The predicted octanol–water partition coefficient (Wildman–Crippen LogP) is 2.93. The standard InChI is InChI=1S/C14H15BrFN3O/c1-2-20-11-5-10(7-18-8-11)14(19-17)9-3-4-12(15)13(16)6-9/h3-8,14,19H,2,17H2,1H3. The lowest BCUT2D eigenvalue weighted by atomic mass is 10.0. The summed E-state index contributed by atoms with van der Waals surface area (Å²) in [4.78, 5) is 4.11. The number of benzene rings is 1. The first-order valence-corrected chi connectivity index (χ1v) is 6.93. The van der Waals surface area contributed by atoms with Gasteiger partial charge in [0.2, 0.25) is 0 Å². The number of ether oxygens (including phenoxy) is 1. The van der Waals surface area contributed by atoms with Crippen molar-refractivity contribution in [3.05, 3.63) is 58.1 Å². The van der Waals surface area contributed by atoms with Gasteiger partial charge in [0.05, 0.1) is 23.3 Å². The van der Waals surface area contributed by atoms with Crippen LogP contribution in [0.15, 0.2) is 41.1 Å². The number of halogens is 2. The number of aromatic nitrogens is 1. The Kier molecular flexibility index (Phi) is 5.05. The van der Waals surface area contributed by atoms with Gasteiger partial charge in [-0.3, -0.25) is 10.8 Å². The molecular formula is C14H15BrFN3O. The van der Waals surface area contributed by atoms with Crippen LogP contribution in [0.1, 0.15) is 24.1 Å². The second-order valence-corrected chi connectivity index (χ2v) is 5.01. The number of pyridine rings is 1. The van der Waals surface area contributed by atoms with Crippen LogP contribution in [0.5, 0.6) is 5.75 Å². The molecule has 106 valence electrons. The summed E-state index contributed by atoms with van der Waals surface area (Å²) >= 11 is 3.13. The predicted molar refractivity (Wildman–Crippen MR) is 78.7 cm³/mol. The molecule has 0 aliphatic heterocycles. The van der Waals surface area contributed by atoms with Crippen molar-refractivity contribution in [3.63, 3.8) is 0 Å². The first kappa shape index (κ1) is 14.9. The molecular weight excluding hydrogens is 325 g/mol. The molecule has 1 aromatic heterocycles. The molecule has 0 aliphatic carbocycles. The molecule has 2 rings (SSSR count). The van der Waals surface area contributed by atoms with Crippen LogP contribution in [-0.2, 0) is 0 Å². The average molecular weight is 340 g/mol. The fraction of sp³-hybridized carbons (Fsp3) is 0.214. The monoisotopic (exact) mass is 339 g/mol. The lowest BCUT2D eigenvalue weighted by Crippen LogP contribution is -2.29. The van der Waals surface area contributed by atoms with Crippen LogP contribution in [0.25, 0.3) is 0 Å². The minimum atomic E-state index is -0.356. The van der Waals surface area contributed by atoms with Crippen LogP contribution >= 0.6 is 15.9 Å². The molecule has 2 aromatic rings. The molecule has 6 heteroatoms. The normalized spacial score (nSPS) is 12.2. The van der Waals surface area contributed by atoms with Crippen molar-refractivity contribution in [2.75, 3.05) is 6.61 Å². The molecule has 0 saturated heterocycles. The van der Waals surface area contributed by atoms with E-state index in [1.54, 1.807) is 24.5 Å². The molecule has 1 unspecified atom stereocenters. The van der Waals surface area contributed by atoms with Gasteiger partial charge < -0.3 is 4.74 Å². The highest BCUT2D eigenvalue weighted by Gasteiger charge is 2.15. The number of hydrogen-bond acceptors (Lipinski definition) is 4. The smallest absolute Gasteiger partial charge is 0.137 e. The van der Waals surface area contributed by atoms with Gasteiger partial charge >= 0.3 is 0 Å². The summed E-state index contributed by atoms with van der Waals surface area (Å²) in [5, 5.41) is 0. The van der Waals surface area contributed by atoms with E-state index in [0.717, 1.165) is 5.56 Å². The fourth-order valence-corrected chi connectivity index (χ4v) is 2.16. The van der Waals surface area contributed by atoms with Gasteiger partial charge in [0.25, 0.3) is 0 Å². The molecule has 20 heavy (non-hydrogen) atoms. The highest BCUT2D eigenvalue weighted by Crippen LogP contribution is 2.26. The second kappa shape index (κ2) is 6.78. The molecule has 1 aromatic carbocycles. The Hall–Kier alpha value is -1.50. The molecule has 1 atom stereocenters. The Balaban J connectivity index is 2.36. The number of nitrogens with one attached hydrogen (secondary N) is 1. The Morgan fingerprint density at radius 1 is 1.35 bits per heavy atom. The summed E-state index contributed by atoms with van der Waals surface area (Å²) in [6.45, 7) is 2.45. The molecule has 0 saturated carbocycles. The third-order valence-corrected chi connectivity index (χ3v) is 3.47. The van der Waals surface area contributed by atoms with Gasteiger partial charge in [0.15, 0.2) is 0 Å². The maximum atomic E-state index is 13.6. The highest BCUT2D eigenvalue weighted by atomic mass is 79.9. The van der Waals surface area contributed by atoms with E-state index in [1.807, 2.05) is 13.0 Å². The quantitative estimate of drug-likeness (QED) is 0.649. The van der Waals surface area contributed by atoms with Crippen LogP contribution in [0, 0.1) is 5.82 Å². The van der Waals surface area contributed by atoms with Gasteiger partial charge in [0, 0.05) is 6.20 Å². The van der Waals surface area contributed by atoms with E-state index in [-0.39, 0.29) is 11.9 Å². The zero-order chi connectivity index (χ0) is 14.5. The molecule has 0 aliphatic rings. The third-order valence-electron chi connectivity index (χ3n) is 2.82. The fourth-order valence-electron chi connectivity index (χ4n) is 1.92. The lowest BCUT2D eigenvalue weighted by molar-refractivity contribution is 0.338. The van der Waals surface area contributed by atoms with Crippen LogP contribution < -0.4 is 16.0 Å². The van der Waals surface area contributed by atoms with E-state index >= 15 is 0 Å². The topological polar surface area (TPSA) is 60.2 Å². The van der Waals surface area contributed by atoms with Gasteiger partial charge in [-0.05, 0) is 52.2 Å². The summed E-state index contributed by atoms with van der Waals surface area (Å²) in [6.07, 6.45) is 3.30. The number of rotatable bonds is 5. The molecule has 0 radical (unpaired) electrons. The van der Waals surface area contributed by atoms with E-state index in [2.05, 4.69) is 26.3 Å². The SMILES string of the molecule is CCOc1cncc(C(NN)c2ccc(Br)c(F)c2)c1. The van der Waals surface area contributed by atoms with Crippen molar-refractivity contribution in [1.29, 1.82) is 0 Å². The van der Waals surface area contributed by atoms with Crippen molar-refractivity contribution in [1.82, 2.24) is 10.4 Å². The Bertz CT molecular complexity index is 594. The summed E-state index contributed by atoms with van der Waals surface area (Å²) in [5.74, 6) is 5.92. The number of hydrogen-bond donors (Lipinski definition) is 2. The maximum Gasteiger partial charge on any atom is 0.137 e. The van der Waals surface area contributed by atoms with Crippen molar-refractivity contribution in [2.45, 2.75) is 13.0 Å². The molecule has 0 bridgehead atoms. The first-order valence-electron chi connectivity index (χ1n) is 6.14. The van der Waals surface area contributed by atoms with Crippen LogP contribution in [0.2, 0.25) is 0 Å². The zero-order valence-electron chi connectivity index (χ0n) is 10.9. The molecule has 4 nitrogen and oxygen atoms in total. The molecule has 0 fully saturated rings. The largest absolute Gasteiger partial charge is 0.492 e. The first-order chi connectivity index (χ1) is 9.65.